The summed E-state index contributed by atoms with van der Waals surface area (Å²) in [6.07, 6.45) is 0. The molecule has 2 heterocycles. The molecule has 2 aromatic carbocycles. The Kier molecular flexibility index (Phi) is 4.95. The summed E-state index contributed by atoms with van der Waals surface area (Å²) in [6.45, 7) is 0. The zero-order valence-corrected chi connectivity index (χ0v) is 16.5. The van der Waals surface area contributed by atoms with Crippen LogP contribution in [-0.2, 0) is 5.75 Å². The largest absolute Gasteiger partial charge is 0.300 e. The van der Waals surface area contributed by atoms with Crippen LogP contribution in [0.1, 0.15) is 5.56 Å². The minimum Gasteiger partial charge on any atom is -0.300 e. The molecule has 130 valence electrons. The number of rotatable bonds is 4. The molecule has 0 fully saturated rings. The predicted octanol–water partition coefficient (Wildman–Crippen LogP) is 5.45. The number of H-pyrrole nitrogens is 1. The first-order chi connectivity index (χ1) is 12.6. The maximum Gasteiger partial charge on any atom is 0.271 e. The van der Waals surface area contributed by atoms with Gasteiger partial charge in [-0.05, 0) is 42.0 Å². The number of hydrogen-bond acceptors (Lipinski definition) is 5. The van der Waals surface area contributed by atoms with Crippen LogP contribution in [0.3, 0.4) is 0 Å². The lowest BCUT2D eigenvalue weighted by Gasteiger charge is -2.05. The lowest BCUT2D eigenvalue weighted by atomic mass is 10.2. The average molecular weight is 418 g/mol. The molecule has 0 aliphatic rings. The van der Waals surface area contributed by atoms with Crippen molar-refractivity contribution < 1.29 is 0 Å². The van der Waals surface area contributed by atoms with Gasteiger partial charge in [0.1, 0.15) is 4.70 Å². The summed E-state index contributed by atoms with van der Waals surface area (Å²) in [4.78, 5) is 20.0. The van der Waals surface area contributed by atoms with E-state index in [1.54, 1.807) is 0 Å². The number of nitrogens with zero attached hydrogens (tertiary/aromatic N) is 2. The third-order valence-electron chi connectivity index (χ3n) is 3.72. The molecule has 0 aliphatic carbocycles. The van der Waals surface area contributed by atoms with Crippen molar-refractivity contribution in [1.82, 2.24) is 14.5 Å². The van der Waals surface area contributed by atoms with Crippen molar-refractivity contribution in [2.45, 2.75) is 10.9 Å². The van der Waals surface area contributed by atoms with Crippen molar-refractivity contribution in [3.05, 3.63) is 79.5 Å². The summed E-state index contributed by atoms with van der Waals surface area (Å²) in [5, 5.41) is 1.27. The predicted molar refractivity (Wildman–Crippen MR) is 111 cm³/mol. The van der Waals surface area contributed by atoms with Gasteiger partial charge in [0.15, 0.2) is 14.8 Å². The highest BCUT2D eigenvalue weighted by molar-refractivity contribution is 7.98. The summed E-state index contributed by atoms with van der Waals surface area (Å²) >= 11 is 14.1. The fourth-order valence-corrected chi connectivity index (χ4v) is 4.71. The third-order valence-corrected chi connectivity index (χ3v) is 6.28. The fourth-order valence-electron chi connectivity index (χ4n) is 2.50. The Balaban J connectivity index is 1.74. The molecular weight excluding hydrogens is 406 g/mol. The van der Waals surface area contributed by atoms with Crippen molar-refractivity contribution in [3.63, 3.8) is 0 Å². The van der Waals surface area contributed by atoms with Crippen LogP contribution in [0.4, 0.5) is 0 Å². The Bertz CT molecular complexity index is 1180. The molecule has 26 heavy (non-hydrogen) atoms. The van der Waals surface area contributed by atoms with Crippen LogP contribution in [0, 0.1) is 3.95 Å². The van der Waals surface area contributed by atoms with Gasteiger partial charge >= 0.3 is 0 Å². The molecule has 0 unspecified atom stereocenters. The van der Waals surface area contributed by atoms with Crippen molar-refractivity contribution in [1.29, 1.82) is 0 Å². The minimum atomic E-state index is -0.167. The Morgan fingerprint density at radius 1 is 1.15 bits per heavy atom. The van der Waals surface area contributed by atoms with Crippen LogP contribution in [0.5, 0.6) is 0 Å². The molecule has 1 N–H and O–H groups in total. The van der Waals surface area contributed by atoms with Gasteiger partial charge in [-0.3, -0.25) is 9.36 Å². The molecule has 4 aromatic rings. The molecule has 0 bridgehead atoms. The summed E-state index contributed by atoms with van der Waals surface area (Å²) < 4.78 is 2.98. The number of benzene rings is 2. The van der Waals surface area contributed by atoms with E-state index in [0.29, 0.717) is 30.2 Å². The lowest BCUT2D eigenvalue weighted by Crippen LogP contribution is -2.09. The van der Waals surface area contributed by atoms with Gasteiger partial charge in [-0.15, -0.1) is 0 Å². The third kappa shape index (κ3) is 3.48. The molecule has 2 aromatic heterocycles. The van der Waals surface area contributed by atoms with E-state index in [-0.39, 0.29) is 5.56 Å². The van der Waals surface area contributed by atoms with E-state index in [1.165, 1.54) is 23.1 Å². The van der Waals surface area contributed by atoms with Gasteiger partial charge in [-0.2, -0.15) is 0 Å². The summed E-state index contributed by atoms with van der Waals surface area (Å²) in [7, 11) is 0. The van der Waals surface area contributed by atoms with Crippen LogP contribution in [0.15, 0.2) is 64.5 Å². The standard InChI is InChI=1S/C18H12ClN3OS3/c19-12-8-6-11(7-9-12)10-25-17-20-15-14(16(23)21-17)26-18(24)22(15)13-4-2-1-3-5-13/h1-9H,10H2,(H,20,21,23). The zero-order chi connectivity index (χ0) is 18.1. The van der Waals surface area contributed by atoms with Crippen LogP contribution in [-0.4, -0.2) is 14.5 Å². The van der Waals surface area contributed by atoms with Crippen molar-refractivity contribution in [2.24, 2.45) is 0 Å². The highest BCUT2D eigenvalue weighted by Gasteiger charge is 2.13. The van der Waals surface area contributed by atoms with E-state index >= 15 is 0 Å². The number of thiazole rings is 1. The van der Waals surface area contributed by atoms with Gasteiger partial charge in [0.05, 0.1) is 0 Å². The number of hydrogen-bond donors (Lipinski definition) is 1. The molecule has 4 rings (SSSR count). The number of thioether (sulfide) groups is 1. The minimum absolute atomic E-state index is 0.167. The normalized spacial score (nSPS) is 11.1. The van der Waals surface area contributed by atoms with Crippen LogP contribution in [0.2, 0.25) is 5.02 Å². The molecule has 0 saturated heterocycles. The second-order valence-electron chi connectivity index (χ2n) is 5.48. The topological polar surface area (TPSA) is 50.7 Å². The molecular formula is C18H12ClN3OS3. The molecule has 0 saturated carbocycles. The number of aromatic nitrogens is 3. The van der Waals surface area contributed by atoms with Crippen molar-refractivity contribution in [2.75, 3.05) is 0 Å². The average Bonchev–Trinajstić information content (AvgIpc) is 2.98. The van der Waals surface area contributed by atoms with E-state index in [4.69, 9.17) is 23.8 Å². The first-order valence-electron chi connectivity index (χ1n) is 7.70. The van der Waals surface area contributed by atoms with Crippen LogP contribution < -0.4 is 5.56 Å². The molecule has 0 atom stereocenters. The number of nitrogens with one attached hydrogen (secondary N) is 1. The Morgan fingerprint density at radius 3 is 2.62 bits per heavy atom. The van der Waals surface area contributed by atoms with E-state index in [2.05, 4.69) is 9.97 Å². The quantitative estimate of drug-likeness (QED) is 0.272. The highest BCUT2D eigenvalue weighted by Crippen LogP contribution is 2.26. The van der Waals surface area contributed by atoms with Gasteiger partial charge in [0, 0.05) is 16.5 Å². The van der Waals surface area contributed by atoms with Gasteiger partial charge in [0.2, 0.25) is 0 Å². The maximum absolute atomic E-state index is 12.5. The number of aromatic amines is 1. The van der Waals surface area contributed by atoms with E-state index in [9.17, 15) is 4.79 Å². The second kappa shape index (κ2) is 7.36. The van der Waals surface area contributed by atoms with Crippen molar-refractivity contribution in [3.8, 4) is 5.69 Å². The van der Waals surface area contributed by atoms with Gasteiger partial charge in [-0.1, -0.05) is 65.0 Å². The van der Waals surface area contributed by atoms with E-state index in [1.807, 2.05) is 59.2 Å². The SMILES string of the molecule is O=c1[nH]c(SCc2ccc(Cl)cc2)nc2c1sc(=S)n2-c1ccccc1. The van der Waals surface area contributed by atoms with E-state index in [0.717, 1.165) is 11.3 Å². The Morgan fingerprint density at radius 2 is 1.88 bits per heavy atom. The second-order valence-corrected chi connectivity index (χ2v) is 8.52. The van der Waals surface area contributed by atoms with Crippen LogP contribution >= 0.6 is 46.9 Å². The molecule has 8 heteroatoms. The summed E-state index contributed by atoms with van der Waals surface area (Å²) in [5.74, 6) is 0.682. The first-order valence-corrected chi connectivity index (χ1v) is 10.3. The van der Waals surface area contributed by atoms with Gasteiger partial charge in [0.25, 0.3) is 5.56 Å². The molecule has 0 radical (unpaired) electrons. The fraction of sp³-hybridized carbons (Fsp3) is 0.0556. The maximum atomic E-state index is 12.5. The highest BCUT2D eigenvalue weighted by atomic mass is 35.5. The molecule has 0 amide bonds. The molecule has 0 aliphatic heterocycles. The molecule has 4 nitrogen and oxygen atoms in total. The monoisotopic (exact) mass is 417 g/mol. The number of para-hydroxylation sites is 1. The van der Waals surface area contributed by atoms with Gasteiger partial charge < -0.3 is 4.98 Å². The zero-order valence-electron chi connectivity index (χ0n) is 13.3. The first kappa shape index (κ1) is 17.5. The lowest BCUT2D eigenvalue weighted by molar-refractivity contribution is 0.943. The van der Waals surface area contributed by atoms with E-state index < -0.39 is 0 Å². The van der Waals surface area contributed by atoms with Gasteiger partial charge in [-0.25, -0.2) is 4.98 Å². The Labute approximate surface area is 167 Å². The Hall–Kier alpha value is -1.93. The summed E-state index contributed by atoms with van der Waals surface area (Å²) in [6, 6.07) is 17.3. The summed E-state index contributed by atoms with van der Waals surface area (Å²) in [5.41, 5.74) is 2.43. The molecule has 0 spiro atoms. The number of fused-ring (bicyclic) bond motifs is 1. The van der Waals surface area contributed by atoms with Crippen molar-refractivity contribution >= 4 is 57.3 Å². The number of halogens is 1. The smallest absolute Gasteiger partial charge is 0.271 e. The van der Waals surface area contributed by atoms with Crippen LogP contribution in [0.25, 0.3) is 16.0 Å².